The van der Waals surface area contributed by atoms with Crippen LogP contribution in [0.5, 0.6) is 17.4 Å². The van der Waals surface area contributed by atoms with Gasteiger partial charge in [0.1, 0.15) is 11.3 Å². The number of hydrogen-bond acceptors (Lipinski definition) is 7. The summed E-state index contributed by atoms with van der Waals surface area (Å²) in [6, 6.07) is 5.03. The van der Waals surface area contributed by atoms with E-state index >= 15 is 0 Å². The lowest BCUT2D eigenvalue weighted by atomic mass is 10.1. The third-order valence-electron chi connectivity index (χ3n) is 4.74. The second-order valence-electron chi connectivity index (χ2n) is 7.92. The van der Waals surface area contributed by atoms with E-state index in [0.29, 0.717) is 0 Å². The van der Waals surface area contributed by atoms with Crippen molar-refractivity contribution in [3.05, 3.63) is 51.8 Å². The number of anilines is 1. The summed E-state index contributed by atoms with van der Waals surface area (Å²) in [4.78, 5) is 30.4. The maximum absolute atomic E-state index is 13.4. The number of aromatic nitrogens is 3. The Morgan fingerprint density at radius 2 is 1.95 bits per heavy atom. The number of nitrogens with one attached hydrogen (secondary N) is 2. The predicted molar refractivity (Wildman–Crippen MR) is 126 cm³/mol. The second kappa shape index (κ2) is 10.3. The van der Waals surface area contributed by atoms with E-state index in [1.807, 2.05) is 0 Å². The van der Waals surface area contributed by atoms with E-state index in [1.165, 1.54) is 24.4 Å². The molecular weight excluding hydrogens is 542 g/mol. The van der Waals surface area contributed by atoms with Crippen molar-refractivity contribution in [3.8, 4) is 23.2 Å². The molecule has 3 heterocycles. The number of halogens is 5. The van der Waals surface area contributed by atoms with Crippen LogP contribution in [-0.4, -0.2) is 52.2 Å². The van der Waals surface area contributed by atoms with Crippen LogP contribution in [0.2, 0.25) is 10.0 Å². The maximum atomic E-state index is 13.4. The number of benzene rings is 1. The van der Waals surface area contributed by atoms with Crippen molar-refractivity contribution in [1.82, 2.24) is 20.1 Å². The first kappa shape index (κ1) is 26.4. The lowest BCUT2D eigenvalue weighted by Gasteiger charge is -2.17. The number of ether oxygens (including phenoxy) is 3. The molecule has 1 aliphatic rings. The number of rotatable bonds is 7. The van der Waals surface area contributed by atoms with E-state index in [-0.39, 0.29) is 57.1 Å². The van der Waals surface area contributed by atoms with Gasteiger partial charge in [-0.3, -0.25) is 9.59 Å². The van der Waals surface area contributed by atoms with Crippen LogP contribution in [0, 0.1) is 0 Å². The summed E-state index contributed by atoms with van der Waals surface area (Å²) in [7, 11) is 0. The number of carbonyl (C=O) groups is 2. The zero-order valence-electron chi connectivity index (χ0n) is 19.2. The molecule has 2 amide bonds. The number of pyridine rings is 1. The average Bonchev–Trinajstić information content (AvgIpc) is 3.44. The lowest BCUT2D eigenvalue weighted by molar-refractivity contribution is -0.154. The van der Waals surface area contributed by atoms with E-state index in [4.69, 9.17) is 37.4 Å². The molecule has 0 radical (unpaired) electrons. The fourth-order valence-electron chi connectivity index (χ4n) is 3.30. The molecule has 0 aliphatic carbocycles. The number of amides is 2. The fraction of sp³-hybridized carbons (Fsp3) is 0.273. The van der Waals surface area contributed by atoms with Gasteiger partial charge in [-0.1, -0.05) is 23.2 Å². The third-order valence-corrected chi connectivity index (χ3v) is 5.34. The van der Waals surface area contributed by atoms with Gasteiger partial charge in [-0.2, -0.15) is 13.2 Å². The van der Waals surface area contributed by atoms with Gasteiger partial charge in [0, 0.05) is 24.4 Å². The van der Waals surface area contributed by atoms with Crippen molar-refractivity contribution in [3.63, 3.8) is 0 Å². The highest BCUT2D eigenvalue weighted by Crippen LogP contribution is 2.44. The van der Waals surface area contributed by atoms with Gasteiger partial charge in [0.05, 0.1) is 15.7 Å². The molecule has 0 bridgehead atoms. The summed E-state index contributed by atoms with van der Waals surface area (Å²) in [5, 5.41) is 9.13. The smallest absolute Gasteiger partial charge is 0.422 e. The molecule has 37 heavy (non-hydrogen) atoms. The zero-order valence-corrected chi connectivity index (χ0v) is 20.7. The number of nitrogens with zero attached hydrogens (tertiary/aromatic N) is 3. The van der Waals surface area contributed by atoms with E-state index in [1.54, 1.807) is 13.8 Å². The Balaban J connectivity index is 1.77. The molecule has 0 fully saturated rings. The number of alkyl halides is 3. The van der Waals surface area contributed by atoms with Crippen LogP contribution in [0.4, 0.5) is 18.9 Å². The predicted octanol–water partition coefficient (Wildman–Crippen LogP) is 4.63. The number of fused-ring (bicyclic) bond motifs is 1. The highest BCUT2D eigenvalue weighted by molar-refractivity contribution is 6.35. The Morgan fingerprint density at radius 1 is 1.19 bits per heavy atom. The van der Waals surface area contributed by atoms with E-state index in [9.17, 15) is 22.8 Å². The van der Waals surface area contributed by atoms with Crippen molar-refractivity contribution < 1.29 is 37.0 Å². The topological polar surface area (TPSA) is 117 Å². The van der Waals surface area contributed by atoms with Gasteiger partial charge >= 0.3 is 6.18 Å². The van der Waals surface area contributed by atoms with Gasteiger partial charge in [0.15, 0.2) is 23.9 Å². The minimum absolute atomic E-state index is 0.0502. The van der Waals surface area contributed by atoms with Gasteiger partial charge in [-0.25, -0.2) is 9.67 Å². The first-order valence-electron chi connectivity index (χ1n) is 10.6. The monoisotopic (exact) mass is 559 g/mol. The Hall–Kier alpha value is -3.71. The standard InChI is InChI=1S/C22H18Cl2F3N5O5/c1-10(2)29-21(34)16-17(12(24)6-14-18(16)37-9-36-14)30-20(33)13-7-15(35-8-22(25,26)27)31-32(13)19-11(23)4-3-5-28-19/h3-7,10H,8-9H2,1-2H3,(H,29,34)(H,30,33). The van der Waals surface area contributed by atoms with Crippen molar-refractivity contribution in [2.45, 2.75) is 26.1 Å². The summed E-state index contributed by atoms with van der Waals surface area (Å²) in [5.74, 6) is -1.82. The Labute approximate surface area is 217 Å². The third kappa shape index (κ3) is 5.83. The van der Waals surface area contributed by atoms with Gasteiger partial charge in [0.25, 0.3) is 11.8 Å². The van der Waals surface area contributed by atoms with Crippen LogP contribution in [0.15, 0.2) is 30.5 Å². The van der Waals surface area contributed by atoms with Crippen LogP contribution >= 0.6 is 23.2 Å². The zero-order chi connectivity index (χ0) is 26.9. The summed E-state index contributed by atoms with van der Waals surface area (Å²) >= 11 is 12.6. The van der Waals surface area contributed by atoms with E-state index in [2.05, 4.69) is 20.7 Å². The molecule has 0 atom stereocenters. The van der Waals surface area contributed by atoms with Crippen LogP contribution in [0.25, 0.3) is 5.82 Å². The Kier molecular flexibility index (Phi) is 7.37. The molecule has 0 spiro atoms. The highest BCUT2D eigenvalue weighted by Gasteiger charge is 2.32. The normalized spacial score (nSPS) is 12.5. The quantitative estimate of drug-likeness (QED) is 0.433. The van der Waals surface area contributed by atoms with Gasteiger partial charge < -0.3 is 24.8 Å². The number of carbonyl (C=O) groups excluding carboxylic acids is 2. The molecule has 2 N–H and O–H groups in total. The summed E-state index contributed by atoms with van der Waals surface area (Å²) in [5.41, 5.74) is -0.522. The van der Waals surface area contributed by atoms with E-state index in [0.717, 1.165) is 10.7 Å². The molecule has 196 valence electrons. The van der Waals surface area contributed by atoms with Crippen LogP contribution in [0.1, 0.15) is 34.7 Å². The molecule has 3 aromatic rings. The molecular formula is C22H18Cl2F3N5O5. The van der Waals surface area contributed by atoms with Crippen LogP contribution < -0.4 is 24.8 Å². The molecule has 0 saturated carbocycles. The van der Waals surface area contributed by atoms with Gasteiger partial charge in [0.2, 0.25) is 12.7 Å². The maximum Gasteiger partial charge on any atom is 0.422 e. The average molecular weight is 560 g/mol. The van der Waals surface area contributed by atoms with Crippen molar-refractivity contribution in [2.75, 3.05) is 18.7 Å². The fourth-order valence-corrected chi connectivity index (χ4v) is 3.75. The molecule has 10 nitrogen and oxygen atoms in total. The first-order valence-corrected chi connectivity index (χ1v) is 11.3. The summed E-state index contributed by atoms with van der Waals surface area (Å²) in [6.45, 7) is 1.65. The molecule has 2 aromatic heterocycles. The Morgan fingerprint density at radius 3 is 2.62 bits per heavy atom. The minimum Gasteiger partial charge on any atom is -0.467 e. The summed E-state index contributed by atoms with van der Waals surface area (Å²) < 4.78 is 54.5. The highest BCUT2D eigenvalue weighted by atomic mass is 35.5. The van der Waals surface area contributed by atoms with Crippen LogP contribution in [-0.2, 0) is 0 Å². The lowest BCUT2D eigenvalue weighted by Crippen LogP contribution is -2.31. The molecule has 4 rings (SSSR count). The number of hydrogen-bond donors (Lipinski definition) is 2. The molecule has 1 aromatic carbocycles. The Bertz CT molecular complexity index is 1360. The minimum atomic E-state index is -4.65. The van der Waals surface area contributed by atoms with Crippen molar-refractivity contribution in [1.29, 1.82) is 0 Å². The second-order valence-corrected chi connectivity index (χ2v) is 8.73. The summed E-state index contributed by atoms with van der Waals surface area (Å²) in [6.07, 6.45) is -3.29. The molecule has 0 unspecified atom stereocenters. The molecule has 1 aliphatic heterocycles. The van der Waals surface area contributed by atoms with Crippen molar-refractivity contribution >= 4 is 40.7 Å². The van der Waals surface area contributed by atoms with Crippen LogP contribution in [0.3, 0.4) is 0 Å². The first-order chi connectivity index (χ1) is 17.4. The van der Waals surface area contributed by atoms with Gasteiger partial charge in [-0.05, 0) is 26.0 Å². The molecule has 15 heteroatoms. The largest absolute Gasteiger partial charge is 0.467 e. The SMILES string of the molecule is CC(C)NC(=O)c1c(NC(=O)c2cc(OCC(F)(F)F)nn2-c2ncccc2Cl)c(Cl)cc2c1OCO2. The van der Waals surface area contributed by atoms with E-state index < -0.39 is 30.5 Å². The van der Waals surface area contributed by atoms with Gasteiger partial charge in [-0.15, -0.1) is 5.10 Å². The molecule has 0 saturated heterocycles. The van der Waals surface area contributed by atoms with Crippen molar-refractivity contribution in [2.24, 2.45) is 0 Å².